The quantitative estimate of drug-likeness (QED) is 0.375. The van der Waals surface area contributed by atoms with Gasteiger partial charge in [0.25, 0.3) is 0 Å². The average molecular weight is 302 g/mol. The second kappa shape index (κ2) is 8.76. The highest BCUT2D eigenvalue weighted by Crippen LogP contribution is 2.48. The molecule has 2 aliphatic carbocycles. The van der Waals surface area contributed by atoms with Crippen LogP contribution < -0.4 is 0 Å². The maximum absolute atomic E-state index is 9.86. The van der Waals surface area contributed by atoms with Crippen molar-refractivity contribution in [2.75, 3.05) is 0 Å². The summed E-state index contributed by atoms with van der Waals surface area (Å²) < 4.78 is 0. The van der Waals surface area contributed by atoms with Gasteiger partial charge in [-0.3, -0.25) is 0 Å². The lowest BCUT2D eigenvalue weighted by Gasteiger charge is -2.39. The van der Waals surface area contributed by atoms with Gasteiger partial charge in [0.15, 0.2) is 0 Å². The van der Waals surface area contributed by atoms with Gasteiger partial charge in [-0.25, -0.2) is 0 Å². The molecule has 0 aromatic carbocycles. The zero-order valence-corrected chi connectivity index (χ0v) is 14.9. The van der Waals surface area contributed by atoms with Crippen molar-refractivity contribution in [1.82, 2.24) is 0 Å². The molecule has 2 aliphatic rings. The third kappa shape index (κ3) is 4.37. The van der Waals surface area contributed by atoms with Gasteiger partial charge in [-0.2, -0.15) is 5.26 Å². The van der Waals surface area contributed by atoms with Crippen LogP contribution in [-0.2, 0) is 0 Å². The Labute approximate surface area is 138 Å². The Hall–Kier alpha value is -0.770. The summed E-state index contributed by atoms with van der Waals surface area (Å²) in [5, 5.41) is 9.86. The summed E-state index contributed by atoms with van der Waals surface area (Å²) >= 11 is 0. The Morgan fingerprint density at radius 1 is 1.05 bits per heavy atom. The van der Waals surface area contributed by atoms with E-state index in [1.165, 1.54) is 76.2 Å². The summed E-state index contributed by atoms with van der Waals surface area (Å²) in [7, 11) is 0. The molecule has 1 fully saturated rings. The zero-order chi connectivity index (χ0) is 15.8. The lowest BCUT2D eigenvalue weighted by Crippen LogP contribution is -2.29. The van der Waals surface area contributed by atoms with Gasteiger partial charge in [0.05, 0.1) is 11.5 Å². The number of unbranched alkanes of at least 4 members (excludes halogenated alkanes) is 2. The second-order valence-corrected chi connectivity index (χ2v) is 7.79. The minimum absolute atomic E-state index is 0.0847. The minimum Gasteiger partial charge on any atom is -0.197 e. The first-order valence-electron chi connectivity index (χ1n) is 9.84. The van der Waals surface area contributed by atoms with E-state index in [0.717, 1.165) is 24.7 Å². The molecule has 0 aromatic rings. The Bertz CT molecular complexity index is 393. The predicted molar refractivity (Wildman–Crippen MR) is 94.5 cm³/mol. The highest BCUT2D eigenvalue weighted by molar-refractivity contribution is 5.26. The van der Waals surface area contributed by atoms with Crippen LogP contribution in [0, 0.1) is 28.6 Å². The van der Waals surface area contributed by atoms with Gasteiger partial charge >= 0.3 is 0 Å². The lowest BCUT2D eigenvalue weighted by molar-refractivity contribution is 0.223. The van der Waals surface area contributed by atoms with E-state index in [1.807, 2.05) is 0 Å². The molecule has 0 aromatic heterocycles. The average Bonchev–Trinajstić information content (AvgIpc) is 2.57. The van der Waals surface area contributed by atoms with E-state index in [9.17, 15) is 5.26 Å². The van der Waals surface area contributed by atoms with Crippen molar-refractivity contribution >= 4 is 0 Å². The summed E-state index contributed by atoms with van der Waals surface area (Å²) in [6, 6.07) is 2.75. The Kier molecular flexibility index (Phi) is 7.00. The van der Waals surface area contributed by atoms with Gasteiger partial charge in [0, 0.05) is 0 Å². The van der Waals surface area contributed by atoms with Crippen molar-refractivity contribution in [3.8, 4) is 6.07 Å². The van der Waals surface area contributed by atoms with E-state index in [2.05, 4.69) is 26.0 Å². The Morgan fingerprint density at radius 3 is 2.36 bits per heavy atom. The monoisotopic (exact) mass is 301 g/mol. The van der Waals surface area contributed by atoms with Crippen molar-refractivity contribution in [1.29, 1.82) is 5.26 Å². The molecule has 1 saturated carbocycles. The molecule has 1 unspecified atom stereocenters. The van der Waals surface area contributed by atoms with Crippen LogP contribution in [0.5, 0.6) is 0 Å². The summed E-state index contributed by atoms with van der Waals surface area (Å²) in [4.78, 5) is 0. The topological polar surface area (TPSA) is 23.8 Å². The molecule has 0 amide bonds. The normalized spacial score (nSPS) is 32.3. The lowest BCUT2D eigenvalue weighted by atomic mass is 9.64. The maximum atomic E-state index is 9.86. The Morgan fingerprint density at radius 2 is 1.82 bits per heavy atom. The maximum Gasteiger partial charge on any atom is 0.0782 e. The van der Waals surface area contributed by atoms with Crippen LogP contribution in [-0.4, -0.2) is 0 Å². The number of nitrogens with zero attached hydrogens (tertiary/aromatic N) is 1. The predicted octanol–water partition coefficient (Wildman–Crippen LogP) is 6.79. The van der Waals surface area contributed by atoms with E-state index in [4.69, 9.17) is 0 Å². The molecular weight excluding hydrogens is 266 g/mol. The molecule has 2 rings (SSSR count). The largest absolute Gasteiger partial charge is 0.197 e. The zero-order valence-electron chi connectivity index (χ0n) is 14.9. The van der Waals surface area contributed by atoms with Crippen LogP contribution in [0.2, 0.25) is 0 Å². The summed E-state index contributed by atoms with van der Waals surface area (Å²) in [5.74, 6) is 1.78. The van der Waals surface area contributed by atoms with Gasteiger partial charge in [-0.05, 0) is 56.8 Å². The Balaban J connectivity index is 1.89. The number of hydrogen-bond acceptors (Lipinski definition) is 1. The van der Waals surface area contributed by atoms with Crippen molar-refractivity contribution in [3.05, 3.63) is 11.6 Å². The SMILES string of the molecule is CCCCCC1CC=C(C2(C#N)CCC(CCC)CC2)CC1. The van der Waals surface area contributed by atoms with Gasteiger partial charge in [0.1, 0.15) is 0 Å². The molecule has 0 bridgehead atoms. The first kappa shape index (κ1) is 17.6. The van der Waals surface area contributed by atoms with E-state index in [0.29, 0.717) is 0 Å². The molecular formula is C21H35N. The molecule has 0 N–H and O–H groups in total. The van der Waals surface area contributed by atoms with Crippen LogP contribution in [0.3, 0.4) is 0 Å². The third-order valence-electron chi connectivity index (χ3n) is 6.22. The molecule has 22 heavy (non-hydrogen) atoms. The smallest absolute Gasteiger partial charge is 0.0782 e. The van der Waals surface area contributed by atoms with Gasteiger partial charge in [0.2, 0.25) is 0 Å². The molecule has 0 radical (unpaired) electrons. The fourth-order valence-electron chi connectivity index (χ4n) is 4.64. The fraction of sp³-hybridized carbons (Fsp3) is 0.857. The van der Waals surface area contributed by atoms with Crippen LogP contribution in [0.1, 0.15) is 97.3 Å². The number of nitriles is 1. The van der Waals surface area contributed by atoms with Crippen molar-refractivity contribution in [3.63, 3.8) is 0 Å². The molecule has 1 atom stereocenters. The fourth-order valence-corrected chi connectivity index (χ4v) is 4.64. The highest BCUT2D eigenvalue weighted by atomic mass is 14.4. The van der Waals surface area contributed by atoms with Crippen molar-refractivity contribution in [2.24, 2.45) is 17.3 Å². The molecule has 0 saturated heterocycles. The van der Waals surface area contributed by atoms with E-state index >= 15 is 0 Å². The minimum atomic E-state index is -0.0847. The van der Waals surface area contributed by atoms with Crippen LogP contribution in [0.4, 0.5) is 0 Å². The summed E-state index contributed by atoms with van der Waals surface area (Å²) in [6.07, 6.45) is 19.2. The van der Waals surface area contributed by atoms with E-state index < -0.39 is 0 Å². The van der Waals surface area contributed by atoms with Crippen molar-refractivity contribution in [2.45, 2.75) is 97.3 Å². The van der Waals surface area contributed by atoms with E-state index in [-0.39, 0.29) is 5.41 Å². The highest BCUT2D eigenvalue weighted by Gasteiger charge is 2.39. The van der Waals surface area contributed by atoms with Gasteiger partial charge in [-0.15, -0.1) is 0 Å². The summed E-state index contributed by atoms with van der Waals surface area (Å²) in [5.41, 5.74) is 1.43. The molecule has 1 nitrogen and oxygen atoms in total. The molecule has 0 aliphatic heterocycles. The third-order valence-corrected chi connectivity index (χ3v) is 6.22. The first-order valence-corrected chi connectivity index (χ1v) is 9.84. The second-order valence-electron chi connectivity index (χ2n) is 7.79. The number of hydrogen-bond donors (Lipinski definition) is 0. The molecule has 0 spiro atoms. The number of allylic oxidation sites excluding steroid dienone is 2. The van der Waals surface area contributed by atoms with Crippen molar-refractivity contribution < 1.29 is 0 Å². The van der Waals surface area contributed by atoms with Gasteiger partial charge < -0.3 is 0 Å². The molecule has 0 heterocycles. The molecule has 1 heteroatoms. The van der Waals surface area contributed by atoms with Crippen LogP contribution in [0.15, 0.2) is 11.6 Å². The van der Waals surface area contributed by atoms with Crippen LogP contribution in [0.25, 0.3) is 0 Å². The van der Waals surface area contributed by atoms with E-state index in [1.54, 1.807) is 0 Å². The molecule has 124 valence electrons. The number of rotatable bonds is 7. The standard InChI is InChI=1S/C21H35N/c1-3-5-6-8-19-9-11-20(12-10-19)21(17-22)15-13-18(7-4-2)14-16-21/h11,18-19H,3-10,12-16H2,1-2H3. The summed E-state index contributed by atoms with van der Waals surface area (Å²) in [6.45, 7) is 4.57. The van der Waals surface area contributed by atoms with Gasteiger partial charge in [-0.1, -0.05) is 64.0 Å². The van der Waals surface area contributed by atoms with Crippen LogP contribution >= 0.6 is 0 Å². The first-order chi connectivity index (χ1) is 10.7.